The molecule has 0 saturated carbocycles. The molecular formula is C13H20ClN3O3. The maximum atomic E-state index is 11.4. The van der Waals surface area contributed by atoms with Crippen molar-refractivity contribution in [3.05, 3.63) is 22.7 Å². The summed E-state index contributed by atoms with van der Waals surface area (Å²) in [6.07, 6.45) is 0.766. The lowest BCUT2D eigenvalue weighted by Gasteiger charge is -2.13. The molecule has 0 spiro atoms. The first-order valence-electron chi connectivity index (χ1n) is 6.25. The van der Waals surface area contributed by atoms with Crippen LogP contribution >= 0.6 is 11.6 Å². The predicted octanol–water partition coefficient (Wildman–Crippen LogP) is 1.49. The van der Waals surface area contributed by atoms with Crippen molar-refractivity contribution in [2.75, 3.05) is 44.5 Å². The number of nitrogens with one attached hydrogen (secondary N) is 1. The van der Waals surface area contributed by atoms with Gasteiger partial charge in [-0.1, -0.05) is 11.6 Å². The fourth-order valence-corrected chi connectivity index (χ4v) is 1.93. The first-order valence-corrected chi connectivity index (χ1v) is 6.63. The van der Waals surface area contributed by atoms with E-state index in [2.05, 4.69) is 5.32 Å². The second-order valence-corrected chi connectivity index (χ2v) is 4.58. The van der Waals surface area contributed by atoms with Crippen LogP contribution in [0.3, 0.4) is 0 Å². The second kappa shape index (κ2) is 8.63. The number of halogens is 1. The summed E-state index contributed by atoms with van der Waals surface area (Å²) in [6.45, 7) is 2.33. The lowest BCUT2D eigenvalue weighted by atomic mass is 10.1. The molecule has 7 heteroatoms. The largest absolute Gasteiger partial charge is 0.399 e. The fraction of sp³-hybridized carbons (Fsp3) is 0.462. The third-order valence-electron chi connectivity index (χ3n) is 2.58. The molecule has 0 fully saturated rings. The molecule has 20 heavy (non-hydrogen) atoms. The van der Waals surface area contributed by atoms with Crippen molar-refractivity contribution in [2.24, 2.45) is 5.73 Å². The first-order chi connectivity index (χ1) is 9.56. The molecule has 0 bridgehead atoms. The van der Waals surface area contributed by atoms with E-state index in [9.17, 15) is 4.79 Å². The number of amides is 1. The summed E-state index contributed by atoms with van der Waals surface area (Å²) in [5.41, 5.74) is 12.1. The average molecular weight is 302 g/mol. The maximum absolute atomic E-state index is 11.4. The van der Waals surface area contributed by atoms with Gasteiger partial charge in [-0.05, 0) is 18.6 Å². The van der Waals surface area contributed by atoms with E-state index in [0.29, 0.717) is 42.8 Å². The fourth-order valence-electron chi connectivity index (χ4n) is 1.63. The Hall–Kier alpha value is -1.50. The van der Waals surface area contributed by atoms with E-state index in [1.807, 2.05) is 0 Å². The Morgan fingerprint density at radius 2 is 2.10 bits per heavy atom. The molecule has 0 aliphatic carbocycles. The lowest BCUT2D eigenvalue weighted by molar-refractivity contribution is 0.0705. The third-order valence-corrected chi connectivity index (χ3v) is 2.88. The van der Waals surface area contributed by atoms with Crippen LogP contribution in [0.1, 0.15) is 16.8 Å². The number of nitrogens with two attached hydrogens (primary N) is 2. The first kappa shape index (κ1) is 16.6. The lowest BCUT2D eigenvalue weighted by Crippen LogP contribution is -2.16. The van der Waals surface area contributed by atoms with Crippen LogP contribution in [0, 0.1) is 0 Å². The molecule has 1 rings (SSSR count). The summed E-state index contributed by atoms with van der Waals surface area (Å²) in [5.74, 6) is -0.571. The highest BCUT2D eigenvalue weighted by molar-refractivity contribution is 6.34. The Labute approximate surface area is 123 Å². The number of carbonyl (C=O) groups excluding carboxylic acids is 1. The molecule has 0 unspecified atom stereocenters. The van der Waals surface area contributed by atoms with Gasteiger partial charge < -0.3 is 26.3 Å². The van der Waals surface area contributed by atoms with Crippen molar-refractivity contribution >= 4 is 28.9 Å². The summed E-state index contributed by atoms with van der Waals surface area (Å²) in [4.78, 5) is 11.4. The summed E-state index contributed by atoms with van der Waals surface area (Å²) in [7, 11) is 1.62. The zero-order valence-corrected chi connectivity index (χ0v) is 12.2. The van der Waals surface area contributed by atoms with Crippen LogP contribution < -0.4 is 16.8 Å². The van der Waals surface area contributed by atoms with E-state index in [1.165, 1.54) is 6.07 Å². The van der Waals surface area contributed by atoms with Crippen molar-refractivity contribution in [1.29, 1.82) is 0 Å². The van der Waals surface area contributed by atoms with Crippen LogP contribution in [0.5, 0.6) is 0 Å². The van der Waals surface area contributed by atoms with Gasteiger partial charge in [-0.25, -0.2) is 0 Å². The number of ether oxygens (including phenoxy) is 2. The normalized spacial score (nSPS) is 10.5. The van der Waals surface area contributed by atoms with Crippen LogP contribution in [0.25, 0.3) is 0 Å². The van der Waals surface area contributed by atoms with E-state index in [-0.39, 0.29) is 5.56 Å². The Morgan fingerprint density at radius 1 is 1.35 bits per heavy atom. The topological polar surface area (TPSA) is 99.6 Å². The predicted molar refractivity (Wildman–Crippen MR) is 80.2 cm³/mol. The van der Waals surface area contributed by atoms with Gasteiger partial charge in [-0.2, -0.15) is 0 Å². The molecule has 0 atom stereocenters. The smallest absolute Gasteiger partial charge is 0.250 e. The molecule has 0 heterocycles. The Bertz CT molecular complexity index is 455. The molecule has 0 radical (unpaired) electrons. The summed E-state index contributed by atoms with van der Waals surface area (Å²) >= 11 is 6.06. The van der Waals surface area contributed by atoms with Crippen LogP contribution in [0.15, 0.2) is 12.1 Å². The molecule has 0 aromatic heterocycles. The van der Waals surface area contributed by atoms with Gasteiger partial charge in [-0.15, -0.1) is 0 Å². The third kappa shape index (κ3) is 5.24. The zero-order valence-electron chi connectivity index (χ0n) is 11.4. The molecule has 1 aromatic rings. The van der Waals surface area contributed by atoms with Crippen molar-refractivity contribution in [3.8, 4) is 0 Å². The van der Waals surface area contributed by atoms with Gasteiger partial charge in [0.2, 0.25) is 0 Å². The van der Waals surface area contributed by atoms with Gasteiger partial charge in [-0.3, -0.25) is 4.79 Å². The number of rotatable bonds is 9. The monoisotopic (exact) mass is 301 g/mol. The SMILES string of the molecule is COCCOCCCNc1c(Cl)cc(N)cc1C(N)=O. The summed E-state index contributed by atoms with van der Waals surface area (Å²) in [6, 6.07) is 3.08. The number of primary amides is 1. The van der Waals surface area contributed by atoms with E-state index < -0.39 is 5.91 Å². The number of anilines is 2. The van der Waals surface area contributed by atoms with Crippen LogP contribution in [0.4, 0.5) is 11.4 Å². The van der Waals surface area contributed by atoms with E-state index >= 15 is 0 Å². The van der Waals surface area contributed by atoms with Gasteiger partial charge in [0.25, 0.3) is 5.91 Å². The van der Waals surface area contributed by atoms with Gasteiger partial charge in [0.15, 0.2) is 0 Å². The van der Waals surface area contributed by atoms with E-state index in [4.69, 9.17) is 32.5 Å². The Kier molecular flexibility index (Phi) is 7.14. The van der Waals surface area contributed by atoms with Crippen molar-refractivity contribution < 1.29 is 14.3 Å². The molecular weight excluding hydrogens is 282 g/mol. The number of hydrogen-bond acceptors (Lipinski definition) is 5. The summed E-state index contributed by atoms with van der Waals surface area (Å²) in [5, 5.41) is 3.46. The van der Waals surface area contributed by atoms with Crippen molar-refractivity contribution in [2.45, 2.75) is 6.42 Å². The summed E-state index contributed by atoms with van der Waals surface area (Å²) < 4.78 is 10.2. The molecule has 112 valence electrons. The van der Waals surface area contributed by atoms with Crippen molar-refractivity contribution in [3.63, 3.8) is 0 Å². The molecule has 6 nitrogen and oxygen atoms in total. The van der Waals surface area contributed by atoms with Crippen molar-refractivity contribution in [1.82, 2.24) is 0 Å². The minimum absolute atomic E-state index is 0.287. The number of hydrogen-bond donors (Lipinski definition) is 3. The standard InChI is InChI=1S/C13H20ClN3O3/c1-19-5-6-20-4-2-3-17-12-10(13(16)18)7-9(15)8-11(12)14/h7-8,17H,2-6,15H2,1H3,(H2,16,18). The van der Waals surface area contributed by atoms with Gasteiger partial charge in [0.05, 0.1) is 29.5 Å². The molecule has 5 N–H and O–H groups in total. The molecule has 1 aromatic carbocycles. The van der Waals surface area contributed by atoms with E-state index in [1.54, 1.807) is 13.2 Å². The number of carbonyl (C=O) groups is 1. The number of methoxy groups -OCH3 is 1. The average Bonchev–Trinajstić information content (AvgIpc) is 2.39. The number of nitrogen functional groups attached to an aromatic ring is 1. The van der Waals surface area contributed by atoms with Crippen LogP contribution in [0.2, 0.25) is 5.02 Å². The Balaban J connectivity index is 2.49. The highest BCUT2D eigenvalue weighted by Crippen LogP contribution is 2.28. The maximum Gasteiger partial charge on any atom is 0.250 e. The minimum atomic E-state index is -0.571. The minimum Gasteiger partial charge on any atom is -0.399 e. The van der Waals surface area contributed by atoms with Gasteiger partial charge in [0, 0.05) is 25.9 Å². The number of benzene rings is 1. The molecule has 0 aliphatic rings. The Morgan fingerprint density at radius 3 is 2.75 bits per heavy atom. The highest BCUT2D eigenvalue weighted by Gasteiger charge is 2.12. The van der Waals surface area contributed by atoms with Crippen LogP contribution in [-0.4, -0.2) is 39.4 Å². The second-order valence-electron chi connectivity index (χ2n) is 4.18. The highest BCUT2D eigenvalue weighted by atomic mass is 35.5. The molecule has 0 aliphatic heterocycles. The quantitative estimate of drug-likeness (QED) is 0.474. The van der Waals surface area contributed by atoms with Gasteiger partial charge in [0.1, 0.15) is 0 Å². The van der Waals surface area contributed by atoms with Gasteiger partial charge >= 0.3 is 0 Å². The zero-order chi connectivity index (χ0) is 15.0. The molecule has 0 saturated heterocycles. The molecule has 1 amide bonds. The van der Waals surface area contributed by atoms with E-state index in [0.717, 1.165) is 6.42 Å². The van der Waals surface area contributed by atoms with Crippen LogP contribution in [-0.2, 0) is 9.47 Å².